The molecule has 0 saturated heterocycles. The van der Waals surface area contributed by atoms with E-state index in [-0.39, 0.29) is 0 Å². The number of anilines is 1. The van der Waals surface area contributed by atoms with E-state index in [0.29, 0.717) is 28.5 Å². The van der Waals surface area contributed by atoms with Crippen molar-refractivity contribution in [3.05, 3.63) is 54.7 Å². The van der Waals surface area contributed by atoms with Crippen molar-refractivity contribution in [3.8, 4) is 17.2 Å². The van der Waals surface area contributed by atoms with Gasteiger partial charge in [0.1, 0.15) is 17.0 Å². The molecule has 3 aromatic rings. The van der Waals surface area contributed by atoms with Gasteiger partial charge in [-0.2, -0.15) is 0 Å². The Morgan fingerprint density at radius 1 is 1.00 bits per heavy atom. The van der Waals surface area contributed by atoms with Crippen LogP contribution in [-0.2, 0) is 0 Å². The number of nitrogens with zero attached hydrogens (tertiary/aromatic N) is 1. The van der Waals surface area contributed by atoms with Crippen molar-refractivity contribution in [2.45, 2.75) is 0 Å². The van der Waals surface area contributed by atoms with Crippen LogP contribution >= 0.6 is 0 Å². The Kier molecular flexibility index (Phi) is 4.47. The predicted octanol–water partition coefficient (Wildman–Crippen LogP) is 3.86. The van der Waals surface area contributed by atoms with Gasteiger partial charge in [0, 0.05) is 17.6 Å². The molecule has 6 nitrogen and oxygen atoms in total. The number of amides is 1. The van der Waals surface area contributed by atoms with Crippen molar-refractivity contribution in [2.75, 3.05) is 19.5 Å². The highest BCUT2D eigenvalue weighted by atomic mass is 16.6. The number of fused-ring (bicyclic) bond motifs is 1. The van der Waals surface area contributed by atoms with Crippen molar-refractivity contribution in [1.82, 2.24) is 4.98 Å². The van der Waals surface area contributed by atoms with Gasteiger partial charge in [0.15, 0.2) is 5.75 Å². The topological polar surface area (TPSA) is 69.7 Å². The molecule has 0 fully saturated rings. The summed E-state index contributed by atoms with van der Waals surface area (Å²) in [5.74, 6) is 1.49. The lowest BCUT2D eigenvalue weighted by Crippen LogP contribution is -2.17. The van der Waals surface area contributed by atoms with Gasteiger partial charge in [-0.05, 0) is 24.3 Å². The summed E-state index contributed by atoms with van der Waals surface area (Å²) in [7, 11) is 3.07. The Bertz CT molecular complexity index is 875. The molecule has 24 heavy (non-hydrogen) atoms. The van der Waals surface area contributed by atoms with Gasteiger partial charge in [-0.1, -0.05) is 18.2 Å². The van der Waals surface area contributed by atoms with E-state index in [1.54, 1.807) is 43.6 Å². The molecular weight excluding hydrogens is 308 g/mol. The normalized spacial score (nSPS) is 10.2. The molecule has 3 rings (SSSR count). The van der Waals surface area contributed by atoms with Crippen molar-refractivity contribution >= 4 is 22.7 Å². The van der Waals surface area contributed by atoms with E-state index in [1.807, 2.05) is 18.2 Å². The fourth-order valence-electron chi connectivity index (χ4n) is 2.30. The largest absolute Gasteiger partial charge is 0.497 e. The molecule has 0 spiro atoms. The van der Waals surface area contributed by atoms with E-state index in [9.17, 15) is 4.79 Å². The summed E-state index contributed by atoms with van der Waals surface area (Å²) in [6, 6.07) is 14.2. The third-order valence-electron chi connectivity index (χ3n) is 3.44. The molecule has 0 bridgehead atoms. The van der Waals surface area contributed by atoms with Crippen LogP contribution in [0, 0.1) is 0 Å². The fraction of sp³-hybridized carbons (Fsp3) is 0.111. The highest BCUT2D eigenvalue weighted by Gasteiger charge is 2.12. The van der Waals surface area contributed by atoms with Crippen molar-refractivity contribution in [1.29, 1.82) is 0 Å². The molecular formula is C18H16N2O4. The second kappa shape index (κ2) is 6.87. The van der Waals surface area contributed by atoms with Crippen LogP contribution in [0.3, 0.4) is 0 Å². The molecule has 0 unspecified atom stereocenters. The first kappa shape index (κ1) is 15.6. The van der Waals surface area contributed by atoms with Gasteiger partial charge in [0.2, 0.25) is 0 Å². The van der Waals surface area contributed by atoms with E-state index in [2.05, 4.69) is 10.3 Å². The highest BCUT2D eigenvalue weighted by molar-refractivity contribution is 5.92. The molecule has 122 valence electrons. The number of aromatic nitrogens is 1. The number of nitrogens with one attached hydrogen (secondary N) is 1. The van der Waals surface area contributed by atoms with Crippen LogP contribution in [0.1, 0.15) is 0 Å². The zero-order valence-corrected chi connectivity index (χ0v) is 13.3. The number of hydrogen-bond donors (Lipinski definition) is 1. The number of carbonyl (C=O) groups excluding carboxylic acids is 1. The number of pyridine rings is 1. The lowest BCUT2D eigenvalue weighted by molar-refractivity contribution is 0.215. The third-order valence-corrected chi connectivity index (χ3v) is 3.44. The van der Waals surface area contributed by atoms with E-state index < -0.39 is 6.09 Å². The maximum absolute atomic E-state index is 12.2. The number of ether oxygens (including phenoxy) is 3. The molecule has 0 atom stereocenters. The second-order valence-corrected chi connectivity index (χ2v) is 4.91. The zero-order valence-electron chi connectivity index (χ0n) is 13.3. The molecule has 0 aliphatic carbocycles. The molecule has 0 aliphatic rings. The van der Waals surface area contributed by atoms with Crippen molar-refractivity contribution < 1.29 is 19.0 Å². The van der Waals surface area contributed by atoms with Crippen molar-refractivity contribution in [2.24, 2.45) is 0 Å². The molecule has 1 heterocycles. The van der Waals surface area contributed by atoms with Gasteiger partial charge in [-0.15, -0.1) is 0 Å². The Labute approximate surface area is 139 Å². The zero-order chi connectivity index (χ0) is 16.9. The summed E-state index contributed by atoms with van der Waals surface area (Å²) in [4.78, 5) is 16.5. The number of carbonyl (C=O) groups is 1. The minimum absolute atomic E-state index is 0.387. The van der Waals surface area contributed by atoms with Crippen LogP contribution in [0.5, 0.6) is 17.2 Å². The van der Waals surface area contributed by atoms with Gasteiger partial charge >= 0.3 is 6.09 Å². The maximum Gasteiger partial charge on any atom is 0.417 e. The van der Waals surface area contributed by atoms with Gasteiger partial charge in [-0.3, -0.25) is 10.3 Å². The molecule has 0 radical (unpaired) electrons. The summed E-state index contributed by atoms with van der Waals surface area (Å²) >= 11 is 0. The summed E-state index contributed by atoms with van der Waals surface area (Å²) in [5.41, 5.74) is 1.10. The SMILES string of the molecule is COc1ccc(NC(=O)Oc2cccc3cccnc23)c(OC)c1. The summed E-state index contributed by atoms with van der Waals surface area (Å²) < 4.78 is 15.8. The minimum Gasteiger partial charge on any atom is -0.497 e. The van der Waals surface area contributed by atoms with Crippen LogP contribution < -0.4 is 19.5 Å². The Morgan fingerprint density at radius 2 is 1.83 bits per heavy atom. The van der Waals surface area contributed by atoms with Gasteiger partial charge in [0.05, 0.1) is 19.9 Å². The molecule has 1 aromatic heterocycles. The van der Waals surface area contributed by atoms with Crippen LogP contribution in [0.2, 0.25) is 0 Å². The van der Waals surface area contributed by atoms with E-state index in [0.717, 1.165) is 5.39 Å². The third kappa shape index (κ3) is 3.22. The van der Waals surface area contributed by atoms with E-state index >= 15 is 0 Å². The maximum atomic E-state index is 12.2. The lowest BCUT2D eigenvalue weighted by atomic mass is 10.2. The molecule has 0 aliphatic heterocycles. The smallest absolute Gasteiger partial charge is 0.417 e. The van der Waals surface area contributed by atoms with Gasteiger partial charge in [0.25, 0.3) is 0 Å². The fourth-order valence-corrected chi connectivity index (χ4v) is 2.30. The van der Waals surface area contributed by atoms with Crippen LogP contribution in [0.25, 0.3) is 10.9 Å². The number of benzene rings is 2. The standard InChI is InChI=1S/C18H16N2O4/c1-22-13-8-9-14(16(11-13)23-2)20-18(21)24-15-7-3-5-12-6-4-10-19-17(12)15/h3-11H,1-2H3,(H,20,21). The van der Waals surface area contributed by atoms with Crippen LogP contribution in [0.15, 0.2) is 54.7 Å². The van der Waals surface area contributed by atoms with E-state index in [4.69, 9.17) is 14.2 Å². The highest BCUT2D eigenvalue weighted by Crippen LogP contribution is 2.29. The monoisotopic (exact) mass is 324 g/mol. The van der Waals surface area contributed by atoms with Crippen LogP contribution in [0.4, 0.5) is 10.5 Å². The van der Waals surface area contributed by atoms with Crippen molar-refractivity contribution in [3.63, 3.8) is 0 Å². The van der Waals surface area contributed by atoms with Crippen LogP contribution in [-0.4, -0.2) is 25.3 Å². The lowest BCUT2D eigenvalue weighted by Gasteiger charge is -2.12. The number of para-hydroxylation sites is 1. The summed E-state index contributed by atoms with van der Waals surface area (Å²) in [5, 5.41) is 3.55. The summed E-state index contributed by atoms with van der Waals surface area (Å²) in [6.45, 7) is 0. The predicted molar refractivity (Wildman–Crippen MR) is 90.9 cm³/mol. The first-order valence-electron chi connectivity index (χ1n) is 7.26. The Hall–Kier alpha value is -3.28. The first-order valence-corrected chi connectivity index (χ1v) is 7.26. The van der Waals surface area contributed by atoms with E-state index in [1.165, 1.54) is 7.11 Å². The molecule has 1 N–H and O–H groups in total. The number of methoxy groups -OCH3 is 2. The summed E-state index contributed by atoms with van der Waals surface area (Å²) in [6.07, 6.45) is 1.02. The van der Waals surface area contributed by atoms with Gasteiger partial charge < -0.3 is 14.2 Å². The first-order chi connectivity index (χ1) is 11.7. The number of hydrogen-bond acceptors (Lipinski definition) is 5. The van der Waals surface area contributed by atoms with Gasteiger partial charge in [-0.25, -0.2) is 4.79 Å². The molecule has 6 heteroatoms. The quantitative estimate of drug-likeness (QED) is 0.789. The molecule has 2 aromatic carbocycles. The average Bonchev–Trinajstić information content (AvgIpc) is 2.62. The molecule has 0 saturated carbocycles. The Morgan fingerprint density at radius 3 is 2.62 bits per heavy atom. The Balaban J connectivity index is 1.80. The number of rotatable bonds is 4. The minimum atomic E-state index is -0.628. The molecule has 1 amide bonds. The average molecular weight is 324 g/mol. The second-order valence-electron chi connectivity index (χ2n) is 4.91.